The maximum atomic E-state index is 13.4. The van der Waals surface area contributed by atoms with Gasteiger partial charge in [0.1, 0.15) is 19.3 Å². The molecule has 3 aromatic rings. The number of likely N-dealkylation sites (tertiary alicyclic amines) is 1. The first-order valence-corrected chi connectivity index (χ1v) is 13.8. The van der Waals surface area contributed by atoms with Crippen LogP contribution in [0, 0.1) is 5.92 Å². The van der Waals surface area contributed by atoms with E-state index in [2.05, 4.69) is 44.8 Å². The SMILES string of the molecule is O=C(NC(CN1CCCC1)C(O)c1ccc2c(c1)OCCO2)[C@@H]1CCN(c2ccc3ccsc3c2)C1. The molecule has 2 saturated heterocycles. The van der Waals surface area contributed by atoms with Crippen molar-refractivity contribution in [1.29, 1.82) is 0 Å². The minimum atomic E-state index is -0.830. The number of nitrogens with zero attached hydrogens (tertiary/aromatic N) is 2. The number of amides is 1. The molecule has 3 aliphatic heterocycles. The summed E-state index contributed by atoms with van der Waals surface area (Å²) in [6.07, 6.45) is 2.30. The molecule has 2 unspecified atom stereocenters. The van der Waals surface area contributed by atoms with E-state index in [9.17, 15) is 9.90 Å². The first kappa shape index (κ1) is 23.6. The molecule has 36 heavy (non-hydrogen) atoms. The molecule has 6 rings (SSSR count). The highest BCUT2D eigenvalue weighted by molar-refractivity contribution is 7.17. The van der Waals surface area contributed by atoms with E-state index >= 15 is 0 Å². The summed E-state index contributed by atoms with van der Waals surface area (Å²) >= 11 is 1.75. The molecule has 0 saturated carbocycles. The van der Waals surface area contributed by atoms with Gasteiger partial charge >= 0.3 is 0 Å². The molecule has 0 radical (unpaired) electrons. The van der Waals surface area contributed by atoms with Crippen LogP contribution in [0.5, 0.6) is 11.5 Å². The molecule has 2 fully saturated rings. The Bertz CT molecular complexity index is 1220. The van der Waals surface area contributed by atoms with E-state index in [-0.39, 0.29) is 11.8 Å². The Balaban J connectivity index is 1.15. The van der Waals surface area contributed by atoms with Crippen molar-refractivity contribution in [3.05, 3.63) is 53.4 Å². The van der Waals surface area contributed by atoms with Crippen LogP contribution in [0.3, 0.4) is 0 Å². The van der Waals surface area contributed by atoms with Gasteiger partial charge in [0, 0.05) is 30.0 Å². The molecule has 1 aromatic heterocycles. The number of hydrogen-bond acceptors (Lipinski definition) is 7. The highest BCUT2D eigenvalue weighted by Crippen LogP contribution is 2.34. The van der Waals surface area contributed by atoms with Crippen LogP contribution in [0.1, 0.15) is 30.9 Å². The zero-order valence-corrected chi connectivity index (χ0v) is 21.2. The lowest BCUT2D eigenvalue weighted by Gasteiger charge is -2.30. The summed E-state index contributed by atoms with van der Waals surface area (Å²) in [5.41, 5.74) is 1.91. The number of thiophene rings is 1. The van der Waals surface area contributed by atoms with Crippen molar-refractivity contribution in [2.24, 2.45) is 5.92 Å². The van der Waals surface area contributed by atoms with Crippen LogP contribution in [0.4, 0.5) is 5.69 Å². The fraction of sp³-hybridized carbons (Fsp3) is 0.464. The molecule has 0 aliphatic carbocycles. The molecule has 0 bridgehead atoms. The Morgan fingerprint density at radius 3 is 2.75 bits per heavy atom. The van der Waals surface area contributed by atoms with E-state index in [1.165, 1.54) is 15.8 Å². The molecule has 2 aromatic carbocycles. The molecule has 4 heterocycles. The topological polar surface area (TPSA) is 74.3 Å². The zero-order valence-electron chi connectivity index (χ0n) is 20.4. The predicted molar refractivity (Wildman–Crippen MR) is 142 cm³/mol. The summed E-state index contributed by atoms with van der Waals surface area (Å²) in [5.74, 6) is 1.27. The van der Waals surface area contributed by atoms with Gasteiger partial charge in [-0.2, -0.15) is 0 Å². The van der Waals surface area contributed by atoms with Crippen LogP contribution in [0.15, 0.2) is 47.8 Å². The van der Waals surface area contributed by atoms with Gasteiger partial charge in [-0.15, -0.1) is 11.3 Å². The Morgan fingerprint density at radius 1 is 1.06 bits per heavy atom. The van der Waals surface area contributed by atoms with Crippen LogP contribution in [-0.4, -0.2) is 67.9 Å². The van der Waals surface area contributed by atoms with Gasteiger partial charge in [0.2, 0.25) is 5.91 Å². The maximum absolute atomic E-state index is 13.4. The van der Waals surface area contributed by atoms with E-state index in [0.29, 0.717) is 37.8 Å². The van der Waals surface area contributed by atoms with Gasteiger partial charge in [-0.05, 0) is 79.0 Å². The number of carbonyl (C=O) groups excluding carboxylic acids is 1. The summed E-state index contributed by atoms with van der Waals surface area (Å²) in [5, 5.41) is 18.0. The Kier molecular flexibility index (Phi) is 6.73. The van der Waals surface area contributed by atoms with Crippen molar-refractivity contribution in [3.63, 3.8) is 0 Å². The second-order valence-electron chi connectivity index (χ2n) is 10.0. The molecule has 7 nitrogen and oxygen atoms in total. The van der Waals surface area contributed by atoms with Crippen LogP contribution in [0.25, 0.3) is 10.1 Å². The average molecular weight is 508 g/mol. The number of anilines is 1. The number of fused-ring (bicyclic) bond motifs is 2. The number of rotatable bonds is 7. The van der Waals surface area contributed by atoms with Crippen molar-refractivity contribution in [2.75, 3.05) is 50.8 Å². The summed E-state index contributed by atoms with van der Waals surface area (Å²) in [4.78, 5) is 18.1. The first-order valence-electron chi connectivity index (χ1n) is 13.0. The van der Waals surface area contributed by atoms with Crippen molar-refractivity contribution in [3.8, 4) is 11.5 Å². The minimum absolute atomic E-state index is 0.0236. The van der Waals surface area contributed by atoms with Gasteiger partial charge in [-0.25, -0.2) is 0 Å². The quantitative estimate of drug-likeness (QED) is 0.507. The van der Waals surface area contributed by atoms with Crippen molar-refractivity contribution < 1.29 is 19.4 Å². The van der Waals surface area contributed by atoms with E-state index in [1.54, 1.807) is 11.3 Å². The highest BCUT2D eigenvalue weighted by atomic mass is 32.1. The minimum Gasteiger partial charge on any atom is -0.486 e. The van der Waals surface area contributed by atoms with Crippen LogP contribution < -0.4 is 19.7 Å². The molecule has 0 spiro atoms. The normalized spacial score (nSPS) is 21.6. The number of nitrogens with one attached hydrogen (secondary N) is 1. The number of hydrogen-bond donors (Lipinski definition) is 2. The molecular weight excluding hydrogens is 474 g/mol. The summed E-state index contributed by atoms with van der Waals surface area (Å²) < 4.78 is 12.6. The average Bonchev–Trinajstić information content (AvgIpc) is 3.69. The largest absolute Gasteiger partial charge is 0.486 e. The number of benzene rings is 2. The number of ether oxygens (including phenoxy) is 2. The van der Waals surface area contributed by atoms with Crippen LogP contribution in [-0.2, 0) is 4.79 Å². The molecule has 1 amide bonds. The Labute approximate surface area is 215 Å². The van der Waals surface area contributed by atoms with Gasteiger partial charge in [-0.3, -0.25) is 4.79 Å². The highest BCUT2D eigenvalue weighted by Gasteiger charge is 2.33. The second-order valence-corrected chi connectivity index (χ2v) is 11.0. The third-order valence-corrected chi connectivity index (χ3v) is 8.51. The van der Waals surface area contributed by atoms with Crippen LogP contribution >= 0.6 is 11.3 Å². The molecular formula is C28H33N3O4S. The maximum Gasteiger partial charge on any atom is 0.225 e. The monoisotopic (exact) mass is 507 g/mol. The van der Waals surface area contributed by atoms with E-state index < -0.39 is 12.1 Å². The second kappa shape index (κ2) is 10.3. The van der Waals surface area contributed by atoms with Crippen molar-refractivity contribution >= 4 is 33.0 Å². The number of carbonyl (C=O) groups is 1. The Morgan fingerprint density at radius 2 is 1.89 bits per heavy atom. The summed E-state index contributed by atoms with van der Waals surface area (Å²) in [7, 11) is 0. The fourth-order valence-corrected chi connectivity index (χ4v) is 6.42. The number of aliphatic hydroxyl groups excluding tert-OH is 1. The van der Waals surface area contributed by atoms with Gasteiger partial charge in [0.15, 0.2) is 11.5 Å². The standard InChI is InChI=1S/C28H33N3O4S/c32-27(20-4-6-24-25(15-20)35-13-12-34-24)23(18-30-9-1-2-10-30)29-28(33)21-7-11-31(17-21)22-5-3-19-8-14-36-26(19)16-22/h3-6,8,14-16,21,23,27,32H,1-2,7,9-13,17-18H2,(H,29,33)/t21-,23?,27?/m1/s1. The van der Waals surface area contributed by atoms with Gasteiger partial charge in [0.05, 0.1) is 12.0 Å². The third-order valence-electron chi connectivity index (χ3n) is 7.63. The lowest BCUT2D eigenvalue weighted by atomic mass is 9.99. The van der Waals surface area contributed by atoms with Gasteiger partial charge in [-0.1, -0.05) is 12.1 Å². The molecule has 2 N–H and O–H groups in total. The first-order chi connectivity index (χ1) is 17.6. The smallest absolute Gasteiger partial charge is 0.225 e. The summed E-state index contributed by atoms with van der Waals surface area (Å²) in [6.45, 7) is 5.22. The van der Waals surface area contributed by atoms with Gasteiger partial charge in [0.25, 0.3) is 0 Å². The van der Waals surface area contributed by atoms with Gasteiger partial charge < -0.3 is 29.7 Å². The summed E-state index contributed by atoms with van der Waals surface area (Å²) in [6, 6.07) is 13.8. The van der Waals surface area contributed by atoms with Crippen molar-refractivity contribution in [1.82, 2.24) is 10.2 Å². The van der Waals surface area contributed by atoms with E-state index in [1.807, 2.05) is 18.2 Å². The zero-order chi connectivity index (χ0) is 24.5. The Hall–Kier alpha value is -2.81. The lowest BCUT2D eigenvalue weighted by Crippen LogP contribution is -2.48. The number of aliphatic hydroxyl groups is 1. The molecule has 3 atom stereocenters. The van der Waals surface area contributed by atoms with Crippen LogP contribution in [0.2, 0.25) is 0 Å². The molecule has 190 valence electrons. The predicted octanol–water partition coefficient (Wildman–Crippen LogP) is 3.81. The fourth-order valence-electron chi connectivity index (χ4n) is 5.59. The van der Waals surface area contributed by atoms with E-state index in [0.717, 1.165) is 44.5 Å². The molecule has 8 heteroatoms. The van der Waals surface area contributed by atoms with E-state index in [4.69, 9.17) is 9.47 Å². The molecule has 3 aliphatic rings. The third kappa shape index (κ3) is 4.90. The van der Waals surface area contributed by atoms with Crippen molar-refractivity contribution in [2.45, 2.75) is 31.4 Å². The lowest BCUT2D eigenvalue weighted by molar-refractivity contribution is -0.126.